The molecule has 0 atom stereocenters. The SMILES string of the molecule is O=C(O)Cc1cnc(CCO)[nH]1.c1ccc2ncccc2c1. The maximum Gasteiger partial charge on any atom is 0.309 e. The second-order valence-corrected chi connectivity index (χ2v) is 4.60. The second-order valence-electron chi connectivity index (χ2n) is 4.60. The predicted octanol–water partition coefficient (Wildman–Crippen LogP) is 1.81. The third kappa shape index (κ3) is 4.68. The van der Waals surface area contributed by atoms with Crippen molar-refractivity contribution in [3.8, 4) is 0 Å². The number of aliphatic hydroxyl groups is 1. The number of para-hydroxylation sites is 1. The van der Waals surface area contributed by atoms with Crippen LogP contribution in [0, 0.1) is 0 Å². The van der Waals surface area contributed by atoms with Gasteiger partial charge in [0.2, 0.25) is 0 Å². The van der Waals surface area contributed by atoms with Crippen molar-refractivity contribution in [2.24, 2.45) is 0 Å². The summed E-state index contributed by atoms with van der Waals surface area (Å²) < 4.78 is 0. The van der Waals surface area contributed by atoms with Gasteiger partial charge in [0.25, 0.3) is 0 Å². The zero-order valence-electron chi connectivity index (χ0n) is 11.9. The van der Waals surface area contributed by atoms with Crippen LogP contribution in [0.2, 0.25) is 0 Å². The number of carbonyl (C=O) groups is 1. The molecule has 6 nitrogen and oxygen atoms in total. The van der Waals surface area contributed by atoms with E-state index in [2.05, 4.69) is 27.1 Å². The number of nitrogens with zero attached hydrogens (tertiary/aromatic N) is 2. The molecule has 3 N–H and O–H groups in total. The fraction of sp³-hybridized carbons (Fsp3) is 0.188. The molecule has 0 fully saturated rings. The highest BCUT2D eigenvalue weighted by atomic mass is 16.4. The van der Waals surface area contributed by atoms with E-state index in [0.29, 0.717) is 17.9 Å². The molecule has 2 heterocycles. The predicted molar refractivity (Wildman–Crippen MR) is 82.5 cm³/mol. The van der Waals surface area contributed by atoms with Gasteiger partial charge in [0.1, 0.15) is 5.82 Å². The van der Waals surface area contributed by atoms with Gasteiger partial charge in [-0.2, -0.15) is 0 Å². The van der Waals surface area contributed by atoms with Crippen LogP contribution in [0.15, 0.2) is 48.8 Å². The molecule has 3 rings (SSSR count). The van der Waals surface area contributed by atoms with Gasteiger partial charge in [-0.15, -0.1) is 0 Å². The minimum absolute atomic E-state index is 0.0139. The number of nitrogens with one attached hydrogen (secondary N) is 1. The van der Waals surface area contributed by atoms with Gasteiger partial charge in [-0.3, -0.25) is 9.78 Å². The van der Waals surface area contributed by atoms with E-state index < -0.39 is 5.97 Å². The third-order valence-corrected chi connectivity index (χ3v) is 2.88. The number of fused-ring (bicyclic) bond motifs is 1. The summed E-state index contributed by atoms with van der Waals surface area (Å²) >= 11 is 0. The summed E-state index contributed by atoms with van der Waals surface area (Å²) in [6.45, 7) is 0.0139. The lowest BCUT2D eigenvalue weighted by atomic mass is 10.2. The smallest absolute Gasteiger partial charge is 0.309 e. The van der Waals surface area contributed by atoms with Gasteiger partial charge in [-0.25, -0.2) is 4.98 Å². The Labute approximate surface area is 127 Å². The average molecular weight is 299 g/mol. The lowest BCUT2D eigenvalue weighted by Gasteiger charge is -1.91. The standard InChI is InChI=1S/C9H7N.C7H10N2O3/c1-2-6-9-8(4-1)5-3-7-10-9;10-2-1-6-8-4-5(9-6)3-7(11)12/h1-7H;4,10H,1-3H2,(H,8,9)(H,11,12). The number of aromatic amines is 1. The maximum absolute atomic E-state index is 10.2. The van der Waals surface area contributed by atoms with E-state index in [1.165, 1.54) is 11.6 Å². The summed E-state index contributed by atoms with van der Waals surface area (Å²) in [5.41, 5.74) is 1.62. The molecule has 2 aromatic heterocycles. The van der Waals surface area contributed by atoms with Crippen LogP contribution < -0.4 is 0 Å². The minimum atomic E-state index is -0.894. The Kier molecular flexibility index (Phi) is 5.62. The molecule has 0 radical (unpaired) electrons. The monoisotopic (exact) mass is 299 g/mol. The molecule has 1 aromatic carbocycles. The Morgan fingerprint density at radius 3 is 2.64 bits per heavy atom. The fourth-order valence-corrected chi connectivity index (χ4v) is 1.91. The van der Waals surface area contributed by atoms with Crippen LogP contribution in [0.25, 0.3) is 10.9 Å². The van der Waals surface area contributed by atoms with E-state index in [1.807, 2.05) is 30.5 Å². The summed E-state index contributed by atoms with van der Waals surface area (Å²) in [7, 11) is 0. The van der Waals surface area contributed by atoms with E-state index in [9.17, 15) is 4.79 Å². The van der Waals surface area contributed by atoms with E-state index in [1.54, 1.807) is 0 Å². The van der Waals surface area contributed by atoms with Crippen molar-refractivity contribution in [3.05, 3.63) is 60.3 Å². The first kappa shape index (κ1) is 15.7. The Morgan fingerprint density at radius 2 is 1.91 bits per heavy atom. The van der Waals surface area contributed by atoms with Crippen molar-refractivity contribution >= 4 is 16.9 Å². The van der Waals surface area contributed by atoms with Crippen LogP contribution in [0.4, 0.5) is 0 Å². The molecule has 114 valence electrons. The van der Waals surface area contributed by atoms with E-state index >= 15 is 0 Å². The highest BCUT2D eigenvalue weighted by Gasteiger charge is 2.03. The van der Waals surface area contributed by atoms with Crippen molar-refractivity contribution in [1.82, 2.24) is 15.0 Å². The minimum Gasteiger partial charge on any atom is -0.481 e. The van der Waals surface area contributed by atoms with Crippen molar-refractivity contribution in [3.63, 3.8) is 0 Å². The topological polar surface area (TPSA) is 99.1 Å². The number of rotatable bonds is 4. The van der Waals surface area contributed by atoms with Gasteiger partial charge in [0, 0.05) is 29.9 Å². The summed E-state index contributed by atoms with van der Waals surface area (Å²) in [4.78, 5) is 21.1. The molecule has 0 saturated carbocycles. The summed E-state index contributed by atoms with van der Waals surface area (Å²) in [6, 6.07) is 12.1. The van der Waals surface area contributed by atoms with Gasteiger partial charge < -0.3 is 15.2 Å². The van der Waals surface area contributed by atoms with Crippen LogP contribution in [0.5, 0.6) is 0 Å². The Balaban J connectivity index is 0.000000162. The van der Waals surface area contributed by atoms with Gasteiger partial charge in [0.05, 0.1) is 18.5 Å². The molecule has 3 aromatic rings. The Bertz CT molecular complexity index is 675. The number of hydrogen-bond donors (Lipinski definition) is 3. The Morgan fingerprint density at radius 1 is 1.14 bits per heavy atom. The normalized spacial score (nSPS) is 10.0. The van der Waals surface area contributed by atoms with Gasteiger partial charge in [-0.1, -0.05) is 24.3 Å². The van der Waals surface area contributed by atoms with Crippen LogP contribution in [0.3, 0.4) is 0 Å². The zero-order valence-corrected chi connectivity index (χ0v) is 11.9. The highest BCUT2D eigenvalue weighted by Crippen LogP contribution is 2.07. The van der Waals surface area contributed by atoms with Crippen molar-refractivity contribution in [2.75, 3.05) is 6.61 Å². The maximum atomic E-state index is 10.2. The first-order chi connectivity index (χ1) is 10.7. The molecular formula is C16H17N3O3. The van der Waals surface area contributed by atoms with E-state index in [-0.39, 0.29) is 13.0 Å². The van der Waals surface area contributed by atoms with Crippen LogP contribution in [0.1, 0.15) is 11.5 Å². The molecule has 22 heavy (non-hydrogen) atoms. The summed E-state index contributed by atoms with van der Waals surface area (Å²) in [5.74, 6) is -0.275. The molecule has 0 aliphatic rings. The number of imidazole rings is 1. The number of carboxylic acid groups (broad SMARTS) is 1. The lowest BCUT2D eigenvalue weighted by Crippen LogP contribution is -2.00. The van der Waals surface area contributed by atoms with Crippen LogP contribution in [-0.4, -0.2) is 37.7 Å². The molecule has 0 aliphatic carbocycles. The Hall–Kier alpha value is -2.73. The number of aliphatic carboxylic acids is 1. The van der Waals surface area contributed by atoms with Crippen molar-refractivity contribution in [2.45, 2.75) is 12.8 Å². The molecule has 6 heteroatoms. The number of aromatic nitrogens is 3. The molecule has 0 spiro atoms. The van der Waals surface area contributed by atoms with Gasteiger partial charge in [-0.05, 0) is 12.1 Å². The largest absolute Gasteiger partial charge is 0.481 e. The average Bonchev–Trinajstić information content (AvgIpc) is 2.95. The van der Waals surface area contributed by atoms with Gasteiger partial charge >= 0.3 is 5.97 Å². The third-order valence-electron chi connectivity index (χ3n) is 2.88. The lowest BCUT2D eigenvalue weighted by molar-refractivity contribution is -0.136. The molecule has 0 aliphatic heterocycles. The fourth-order valence-electron chi connectivity index (χ4n) is 1.91. The quantitative estimate of drug-likeness (QED) is 0.682. The van der Waals surface area contributed by atoms with Crippen LogP contribution >= 0.6 is 0 Å². The number of benzene rings is 1. The second kappa shape index (κ2) is 7.90. The number of hydrogen-bond acceptors (Lipinski definition) is 4. The number of H-pyrrole nitrogens is 1. The molecule has 0 amide bonds. The highest BCUT2D eigenvalue weighted by molar-refractivity contribution is 5.77. The van der Waals surface area contributed by atoms with Crippen molar-refractivity contribution in [1.29, 1.82) is 0 Å². The number of pyridine rings is 1. The molecule has 0 unspecified atom stereocenters. The number of carboxylic acids is 1. The molecular weight excluding hydrogens is 282 g/mol. The van der Waals surface area contributed by atoms with E-state index in [0.717, 1.165) is 5.52 Å². The van der Waals surface area contributed by atoms with Gasteiger partial charge in [0.15, 0.2) is 0 Å². The number of aliphatic hydroxyl groups excluding tert-OH is 1. The zero-order chi connectivity index (χ0) is 15.8. The van der Waals surface area contributed by atoms with E-state index in [4.69, 9.17) is 10.2 Å². The first-order valence-corrected chi connectivity index (χ1v) is 6.84. The summed E-state index contributed by atoms with van der Waals surface area (Å²) in [6.07, 6.45) is 3.65. The molecule has 0 saturated heterocycles. The summed E-state index contributed by atoms with van der Waals surface area (Å²) in [5, 5.41) is 18.1. The first-order valence-electron chi connectivity index (χ1n) is 6.84. The molecule has 0 bridgehead atoms. The van der Waals surface area contributed by atoms with Crippen molar-refractivity contribution < 1.29 is 15.0 Å². The van der Waals surface area contributed by atoms with Crippen LogP contribution in [-0.2, 0) is 17.6 Å².